The van der Waals surface area contributed by atoms with Crippen LogP contribution in [0.3, 0.4) is 0 Å². The Morgan fingerprint density at radius 2 is 1.92 bits per heavy atom. The van der Waals surface area contributed by atoms with Gasteiger partial charge in [0.25, 0.3) is 5.91 Å². The van der Waals surface area contributed by atoms with Gasteiger partial charge in [-0.25, -0.2) is 9.78 Å². The first kappa shape index (κ1) is 18.4. The van der Waals surface area contributed by atoms with Crippen LogP contribution in [0.5, 0.6) is 0 Å². The van der Waals surface area contributed by atoms with Crippen LogP contribution < -0.4 is 11.1 Å². The van der Waals surface area contributed by atoms with Crippen LogP contribution in [-0.4, -0.2) is 35.9 Å². The Hall–Kier alpha value is -2.96. The number of amides is 2. The van der Waals surface area contributed by atoms with Gasteiger partial charge in [-0.1, -0.05) is 25.1 Å². The Balaban J connectivity index is 2.35. The number of esters is 1. The van der Waals surface area contributed by atoms with Crippen molar-refractivity contribution in [1.29, 1.82) is 0 Å². The highest BCUT2D eigenvalue weighted by molar-refractivity contribution is 6.06. The maximum absolute atomic E-state index is 12.6. The molecule has 25 heavy (non-hydrogen) atoms. The summed E-state index contributed by atoms with van der Waals surface area (Å²) in [5, 5.41) is 3.50. The van der Waals surface area contributed by atoms with Crippen LogP contribution in [0.15, 0.2) is 30.3 Å². The van der Waals surface area contributed by atoms with Crippen molar-refractivity contribution in [2.45, 2.75) is 26.3 Å². The van der Waals surface area contributed by atoms with Crippen LogP contribution >= 0.6 is 0 Å². The minimum Gasteiger partial charge on any atom is -0.465 e. The largest absolute Gasteiger partial charge is 0.465 e. The van der Waals surface area contributed by atoms with Crippen molar-refractivity contribution < 1.29 is 19.1 Å². The fourth-order valence-electron chi connectivity index (χ4n) is 2.47. The molecule has 1 aromatic carbocycles. The molecule has 0 saturated heterocycles. The first-order chi connectivity index (χ1) is 11.8. The first-order valence-electron chi connectivity index (χ1n) is 7.90. The molecule has 1 heterocycles. The molecule has 0 aliphatic rings. The average molecular weight is 343 g/mol. The zero-order valence-electron chi connectivity index (χ0n) is 14.4. The summed E-state index contributed by atoms with van der Waals surface area (Å²) in [7, 11) is 1.25. The van der Waals surface area contributed by atoms with Gasteiger partial charge in [0.15, 0.2) is 0 Å². The number of fused-ring (bicyclic) bond motifs is 1. The van der Waals surface area contributed by atoms with Crippen molar-refractivity contribution in [3.8, 4) is 0 Å². The molecule has 132 valence electrons. The topological polar surface area (TPSA) is 111 Å². The fourth-order valence-corrected chi connectivity index (χ4v) is 2.47. The van der Waals surface area contributed by atoms with E-state index in [2.05, 4.69) is 10.3 Å². The number of carbonyl (C=O) groups excluding carboxylic acids is 3. The minimum atomic E-state index is -0.638. The number of carbonyl (C=O) groups is 3. The number of methoxy groups -OCH3 is 1. The van der Waals surface area contributed by atoms with E-state index < -0.39 is 17.8 Å². The van der Waals surface area contributed by atoms with Crippen molar-refractivity contribution in [2.75, 3.05) is 7.11 Å². The van der Waals surface area contributed by atoms with Crippen LogP contribution in [0.2, 0.25) is 0 Å². The minimum absolute atomic E-state index is 0.0105. The monoisotopic (exact) mass is 343 g/mol. The Morgan fingerprint density at radius 3 is 2.56 bits per heavy atom. The number of nitrogens with one attached hydrogen (secondary N) is 1. The lowest BCUT2D eigenvalue weighted by molar-refractivity contribution is -0.119. The molecular weight excluding hydrogens is 322 g/mol. The molecule has 0 fully saturated rings. The molecule has 1 aromatic heterocycles. The van der Waals surface area contributed by atoms with Gasteiger partial charge in [-0.05, 0) is 25.0 Å². The van der Waals surface area contributed by atoms with Crippen LogP contribution in [-0.2, 0) is 9.53 Å². The van der Waals surface area contributed by atoms with Gasteiger partial charge in [-0.2, -0.15) is 0 Å². The maximum atomic E-state index is 12.6. The first-order valence-corrected chi connectivity index (χ1v) is 7.90. The number of pyridine rings is 1. The van der Waals surface area contributed by atoms with Gasteiger partial charge in [0.2, 0.25) is 5.91 Å². The summed E-state index contributed by atoms with van der Waals surface area (Å²) in [6.07, 6.45) is 0.149. The summed E-state index contributed by atoms with van der Waals surface area (Å²) in [5.74, 6) is -1.73. The van der Waals surface area contributed by atoms with Crippen LogP contribution in [0, 0.1) is 5.92 Å². The molecule has 3 N–H and O–H groups in total. The number of rotatable bonds is 6. The molecular formula is C18H21N3O4. The second kappa shape index (κ2) is 7.74. The molecule has 2 amide bonds. The van der Waals surface area contributed by atoms with E-state index >= 15 is 0 Å². The van der Waals surface area contributed by atoms with E-state index in [1.165, 1.54) is 7.11 Å². The lowest BCUT2D eigenvalue weighted by Crippen LogP contribution is -2.39. The number of nitrogens with two attached hydrogens (primary N) is 1. The number of nitrogens with zero attached hydrogens (tertiary/aromatic N) is 1. The van der Waals surface area contributed by atoms with Crippen molar-refractivity contribution in [1.82, 2.24) is 10.3 Å². The molecule has 7 nitrogen and oxygen atoms in total. The number of aromatic nitrogens is 1. The van der Waals surface area contributed by atoms with E-state index in [9.17, 15) is 14.4 Å². The molecule has 2 rings (SSSR count). The van der Waals surface area contributed by atoms with E-state index in [-0.39, 0.29) is 29.6 Å². The highest BCUT2D eigenvalue weighted by Gasteiger charge is 2.24. The number of para-hydroxylation sites is 1. The Morgan fingerprint density at radius 1 is 1.24 bits per heavy atom. The zero-order chi connectivity index (χ0) is 18.6. The molecule has 0 bridgehead atoms. The molecule has 0 aliphatic carbocycles. The van der Waals surface area contributed by atoms with Gasteiger partial charge in [0.05, 0.1) is 18.2 Å². The van der Waals surface area contributed by atoms with E-state index in [0.29, 0.717) is 5.52 Å². The van der Waals surface area contributed by atoms with Crippen molar-refractivity contribution in [3.63, 3.8) is 0 Å². The average Bonchev–Trinajstić information content (AvgIpc) is 2.59. The summed E-state index contributed by atoms with van der Waals surface area (Å²) in [4.78, 5) is 40.0. The van der Waals surface area contributed by atoms with Crippen LogP contribution in [0.1, 0.15) is 41.1 Å². The third-order valence-corrected chi connectivity index (χ3v) is 4.08. The van der Waals surface area contributed by atoms with Gasteiger partial charge in [-0.15, -0.1) is 0 Å². The van der Waals surface area contributed by atoms with Gasteiger partial charge < -0.3 is 15.8 Å². The third kappa shape index (κ3) is 4.32. The van der Waals surface area contributed by atoms with Gasteiger partial charge >= 0.3 is 5.97 Å². The van der Waals surface area contributed by atoms with Crippen LogP contribution in [0.25, 0.3) is 10.9 Å². The predicted octanol–water partition coefficient (Wildman–Crippen LogP) is 1.65. The highest BCUT2D eigenvalue weighted by atomic mass is 16.5. The fraction of sp³-hybridized carbons (Fsp3) is 0.333. The van der Waals surface area contributed by atoms with Crippen molar-refractivity contribution in [3.05, 3.63) is 41.6 Å². The lowest BCUT2D eigenvalue weighted by atomic mass is 9.99. The van der Waals surface area contributed by atoms with E-state index in [1.54, 1.807) is 31.2 Å². The van der Waals surface area contributed by atoms with Gasteiger partial charge in [0, 0.05) is 17.8 Å². The Bertz CT molecular complexity index is 819. The van der Waals surface area contributed by atoms with Crippen molar-refractivity contribution in [2.24, 2.45) is 11.7 Å². The smallest absolute Gasteiger partial charge is 0.340 e. The zero-order valence-corrected chi connectivity index (χ0v) is 14.4. The molecule has 0 spiro atoms. The number of primary amides is 1. The maximum Gasteiger partial charge on any atom is 0.340 e. The third-order valence-electron chi connectivity index (χ3n) is 4.08. The normalized spacial score (nSPS) is 13.1. The molecule has 2 aromatic rings. The summed E-state index contributed by atoms with van der Waals surface area (Å²) < 4.78 is 4.76. The van der Waals surface area contributed by atoms with E-state index in [0.717, 1.165) is 5.39 Å². The van der Waals surface area contributed by atoms with Gasteiger partial charge in [-0.3, -0.25) is 9.59 Å². The summed E-state index contributed by atoms with van der Waals surface area (Å²) in [5.41, 5.74) is 5.87. The molecule has 0 radical (unpaired) electrons. The van der Waals surface area contributed by atoms with Crippen LogP contribution in [0.4, 0.5) is 0 Å². The van der Waals surface area contributed by atoms with Gasteiger partial charge in [0.1, 0.15) is 5.69 Å². The molecule has 7 heteroatoms. The highest BCUT2D eigenvalue weighted by Crippen LogP contribution is 2.18. The second-order valence-electron chi connectivity index (χ2n) is 5.98. The number of benzene rings is 1. The summed E-state index contributed by atoms with van der Waals surface area (Å²) in [6.45, 7) is 3.58. The summed E-state index contributed by atoms with van der Waals surface area (Å²) >= 11 is 0. The Kier molecular flexibility index (Phi) is 5.69. The quantitative estimate of drug-likeness (QED) is 0.775. The molecule has 0 aliphatic heterocycles. The van der Waals surface area contributed by atoms with E-state index in [1.807, 2.05) is 13.0 Å². The molecule has 0 saturated carbocycles. The summed E-state index contributed by atoms with van der Waals surface area (Å²) in [6, 6.07) is 8.44. The molecule has 2 atom stereocenters. The molecule has 2 unspecified atom stereocenters. The lowest BCUT2D eigenvalue weighted by Gasteiger charge is -2.20. The number of hydrogen-bond donors (Lipinski definition) is 2. The predicted molar refractivity (Wildman–Crippen MR) is 93.0 cm³/mol. The second-order valence-corrected chi connectivity index (χ2v) is 5.98. The standard InChI is InChI=1S/C18H21N3O4/c1-10(8-15(19)22)11(2)20-17(23)16-13(18(24)25-3)9-12-6-4-5-7-14(12)21-16/h4-7,9-11H,8H2,1-3H3,(H2,19,22)(H,20,23). The number of hydrogen-bond acceptors (Lipinski definition) is 5. The SMILES string of the molecule is COC(=O)c1cc2ccccc2nc1C(=O)NC(C)C(C)CC(N)=O. The Labute approximate surface area is 145 Å². The van der Waals surface area contributed by atoms with Crippen molar-refractivity contribution >= 4 is 28.7 Å². The number of ether oxygens (including phenoxy) is 1. The van der Waals surface area contributed by atoms with E-state index in [4.69, 9.17) is 10.5 Å².